The van der Waals surface area contributed by atoms with Gasteiger partial charge < -0.3 is 11.1 Å². The van der Waals surface area contributed by atoms with Gasteiger partial charge in [0.25, 0.3) is 0 Å². The van der Waals surface area contributed by atoms with Crippen molar-refractivity contribution in [2.75, 3.05) is 0 Å². The molecule has 1 rings (SSSR count). The zero-order valence-corrected chi connectivity index (χ0v) is 7.53. The summed E-state index contributed by atoms with van der Waals surface area (Å²) in [5.74, 6) is 0. The van der Waals surface area contributed by atoms with Crippen LogP contribution in [-0.4, -0.2) is 6.21 Å². The molecule has 13 heavy (non-hydrogen) atoms. The summed E-state index contributed by atoms with van der Waals surface area (Å²) in [5, 5.41) is 6.85. The minimum Gasteiger partial charge on any atom is -0.405 e. The van der Waals surface area contributed by atoms with Gasteiger partial charge >= 0.3 is 0 Å². The molecule has 0 spiro atoms. The molecule has 0 amide bonds. The molecule has 0 aromatic carbocycles. The smallest absolute Gasteiger partial charge is 0.0177 e. The van der Waals surface area contributed by atoms with Crippen molar-refractivity contribution in [3.05, 3.63) is 47.7 Å². The van der Waals surface area contributed by atoms with E-state index in [-0.39, 0.29) is 0 Å². The Balaban J connectivity index is 2.62. The van der Waals surface area contributed by atoms with Crippen LogP contribution in [0.5, 0.6) is 0 Å². The Hall–Kier alpha value is -1.57. The molecule has 0 aromatic heterocycles. The number of rotatable bonds is 3. The standard InChI is InChI=1S/C11H14N2/c12-7-1-3-10-5-6-11(9-10)4-2-8-13/h1-4,7-9,12H,5-6,13H2/b3-1+,8-2+,11-4-,12-7?. The van der Waals surface area contributed by atoms with Crippen molar-refractivity contribution in [2.45, 2.75) is 12.8 Å². The van der Waals surface area contributed by atoms with E-state index in [9.17, 15) is 0 Å². The molecule has 0 bridgehead atoms. The first-order valence-corrected chi connectivity index (χ1v) is 4.32. The fourth-order valence-electron chi connectivity index (χ4n) is 1.28. The molecule has 0 saturated carbocycles. The number of nitrogens with one attached hydrogen (secondary N) is 1. The SMILES string of the molecule is N=C/C=C/C1=CC(=C\C=C\N)/CC1. The van der Waals surface area contributed by atoms with Gasteiger partial charge in [0.1, 0.15) is 0 Å². The van der Waals surface area contributed by atoms with Crippen LogP contribution >= 0.6 is 0 Å². The first-order chi connectivity index (χ1) is 6.36. The van der Waals surface area contributed by atoms with Crippen LogP contribution in [0.25, 0.3) is 0 Å². The molecule has 2 heteroatoms. The van der Waals surface area contributed by atoms with Crippen molar-refractivity contribution in [1.29, 1.82) is 5.41 Å². The van der Waals surface area contributed by atoms with Crippen molar-refractivity contribution < 1.29 is 0 Å². The van der Waals surface area contributed by atoms with Gasteiger partial charge in [-0.15, -0.1) is 0 Å². The maximum Gasteiger partial charge on any atom is 0.0177 e. The molecule has 0 unspecified atom stereocenters. The van der Waals surface area contributed by atoms with Crippen LogP contribution in [0.3, 0.4) is 0 Å². The highest BCUT2D eigenvalue weighted by Gasteiger charge is 2.04. The third-order valence-electron chi connectivity index (χ3n) is 1.90. The fourth-order valence-corrected chi connectivity index (χ4v) is 1.28. The molecule has 0 radical (unpaired) electrons. The number of hydrogen-bond donors (Lipinski definition) is 2. The lowest BCUT2D eigenvalue weighted by molar-refractivity contribution is 1.03. The topological polar surface area (TPSA) is 49.9 Å². The van der Waals surface area contributed by atoms with Crippen LogP contribution in [0.2, 0.25) is 0 Å². The Morgan fingerprint density at radius 3 is 2.85 bits per heavy atom. The summed E-state index contributed by atoms with van der Waals surface area (Å²) in [7, 11) is 0. The second kappa shape index (κ2) is 5.14. The molecular formula is C11H14N2. The summed E-state index contributed by atoms with van der Waals surface area (Å²) < 4.78 is 0. The van der Waals surface area contributed by atoms with Crippen LogP contribution < -0.4 is 5.73 Å². The van der Waals surface area contributed by atoms with Gasteiger partial charge in [-0.25, -0.2) is 0 Å². The molecule has 2 nitrogen and oxygen atoms in total. The van der Waals surface area contributed by atoms with E-state index in [4.69, 9.17) is 11.1 Å². The summed E-state index contributed by atoms with van der Waals surface area (Å²) >= 11 is 0. The minimum absolute atomic E-state index is 1.06. The molecule has 0 heterocycles. The molecule has 0 aromatic rings. The van der Waals surface area contributed by atoms with E-state index in [1.54, 1.807) is 6.08 Å². The second-order valence-corrected chi connectivity index (χ2v) is 2.87. The van der Waals surface area contributed by atoms with Gasteiger partial charge in [0.05, 0.1) is 0 Å². The first kappa shape index (κ1) is 9.52. The monoisotopic (exact) mass is 174 g/mol. The average molecular weight is 174 g/mol. The summed E-state index contributed by atoms with van der Waals surface area (Å²) in [4.78, 5) is 0. The molecule has 68 valence electrons. The fraction of sp³-hybridized carbons (Fsp3) is 0.182. The maximum absolute atomic E-state index is 6.85. The van der Waals surface area contributed by atoms with E-state index < -0.39 is 0 Å². The van der Waals surface area contributed by atoms with Crippen LogP contribution in [0.4, 0.5) is 0 Å². The summed E-state index contributed by atoms with van der Waals surface area (Å²) in [6.45, 7) is 0. The van der Waals surface area contributed by atoms with Crippen molar-refractivity contribution in [3.63, 3.8) is 0 Å². The molecule has 1 aliphatic carbocycles. The molecular weight excluding hydrogens is 160 g/mol. The summed E-state index contributed by atoms with van der Waals surface area (Å²) in [5.41, 5.74) is 7.81. The Labute approximate surface area is 78.6 Å². The van der Waals surface area contributed by atoms with Crippen molar-refractivity contribution in [1.82, 2.24) is 0 Å². The van der Waals surface area contributed by atoms with Gasteiger partial charge in [-0.1, -0.05) is 18.2 Å². The minimum atomic E-state index is 1.06. The first-order valence-electron chi connectivity index (χ1n) is 4.32. The highest BCUT2D eigenvalue weighted by Crippen LogP contribution is 2.23. The third-order valence-corrected chi connectivity index (χ3v) is 1.90. The highest BCUT2D eigenvalue weighted by molar-refractivity contribution is 5.68. The van der Waals surface area contributed by atoms with Gasteiger partial charge in [0.15, 0.2) is 0 Å². The summed E-state index contributed by atoms with van der Waals surface area (Å²) in [6, 6.07) is 0. The molecule has 3 N–H and O–H groups in total. The quantitative estimate of drug-likeness (QED) is 0.634. The average Bonchev–Trinajstić information content (AvgIpc) is 2.59. The Bertz CT molecular complexity index is 293. The predicted molar refractivity (Wildman–Crippen MR) is 56.7 cm³/mol. The number of nitrogens with two attached hydrogens (primary N) is 1. The van der Waals surface area contributed by atoms with Crippen LogP contribution in [0.15, 0.2) is 47.7 Å². The van der Waals surface area contributed by atoms with Crippen molar-refractivity contribution in [3.8, 4) is 0 Å². The Kier molecular flexibility index (Phi) is 3.76. The van der Waals surface area contributed by atoms with E-state index in [0.29, 0.717) is 0 Å². The molecule has 0 atom stereocenters. The third kappa shape index (κ3) is 3.11. The summed E-state index contributed by atoms with van der Waals surface area (Å²) in [6.07, 6.45) is 14.7. The van der Waals surface area contributed by atoms with Crippen molar-refractivity contribution >= 4 is 6.21 Å². The van der Waals surface area contributed by atoms with Crippen LogP contribution in [0.1, 0.15) is 12.8 Å². The van der Waals surface area contributed by atoms with Gasteiger partial charge in [0, 0.05) is 6.21 Å². The van der Waals surface area contributed by atoms with Gasteiger partial charge in [-0.2, -0.15) is 0 Å². The van der Waals surface area contributed by atoms with Crippen molar-refractivity contribution in [2.24, 2.45) is 5.73 Å². The van der Waals surface area contributed by atoms with E-state index in [1.807, 2.05) is 18.2 Å². The molecule has 1 aliphatic rings. The Morgan fingerprint density at radius 2 is 2.15 bits per heavy atom. The zero-order valence-electron chi connectivity index (χ0n) is 7.53. The lowest BCUT2D eigenvalue weighted by Crippen LogP contribution is -1.74. The van der Waals surface area contributed by atoms with E-state index in [1.165, 1.54) is 23.6 Å². The van der Waals surface area contributed by atoms with Crippen LogP contribution in [0, 0.1) is 5.41 Å². The number of hydrogen-bond acceptors (Lipinski definition) is 2. The van der Waals surface area contributed by atoms with Gasteiger partial charge in [-0.3, -0.25) is 0 Å². The number of allylic oxidation sites excluding steroid dienone is 7. The van der Waals surface area contributed by atoms with E-state index in [0.717, 1.165) is 12.8 Å². The van der Waals surface area contributed by atoms with E-state index >= 15 is 0 Å². The van der Waals surface area contributed by atoms with E-state index in [2.05, 4.69) is 6.08 Å². The van der Waals surface area contributed by atoms with Gasteiger partial charge in [-0.05, 0) is 42.3 Å². The van der Waals surface area contributed by atoms with Crippen LogP contribution in [-0.2, 0) is 0 Å². The molecule has 0 aliphatic heterocycles. The lowest BCUT2D eigenvalue weighted by Gasteiger charge is -1.86. The molecule has 0 saturated heterocycles. The normalized spacial score (nSPS) is 20.3. The predicted octanol–water partition coefficient (Wildman–Crippen LogP) is 2.31. The lowest BCUT2D eigenvalue weighted by atomic mass is 10.2. The maximum atomic E-state index is 6.85. The van der Waals surface area contributed by atoms with Gasteiger partial charge in [0.2, 0.25) is 0 Å². The Morgan fingerprint density at radius 1 is 1.31 bits per heavy atom. The highest BCUT2D eigenvalue weighted by atomic mass is 14.5. The zero-order chi connectivity index (χ0) is 9.52. The molecule has 0 fully saturated rings. The largest absolute Gasteiger partial charge is 0.405 e. The second-order valence-electron chi connectivity index (χ2n) is 2.87.